The van der Waals surface area contributed by atoms with E-state index >= 15 is 0 Å². The second kappa shape index (κ2) is 7.80. The van der Waals surface area contributed by atoms with E-state index in [0.717, 1.165) is 4.68 Å². The number of ether oxygens (including phenoxy) is 1. The lowest BCUT2D eigenvalue weighted by Gasteiger charge is -2.16. The van der Waals surface area contributed by atoms with E-state index in [1.54, 1.807) is 13.9 Å². The van der Waals surface area contributed by atoms with E-state index in [0.29, 0.717) is 16.8 Å². The molecule has 1 aromatic carbocycles. The maximum absolute atomic E-state index is 12.1. The Morgan fingerprint density at radius 1 is 1.31 bits per heavy atom. The molecule has 0 saturated carbocycles. The first kappa shape index (κ1) is 20.8. The Morgan fingerprint density at radius 3 is 2.66 bits per heavy atom. The zero-order valence-corrected chi connectivity index (χ0v) is 17.2. The molecule has 2 aromatic heterocycles. The Morgan fingerprint density at radius 2 is 2.00 bits per heavy atom. The first-order chi connectivity index (χ1) is 13.6. The van der Waals surface area contributed by atoms with Crippen molar-refractivity contribution in [3.8, 4) is 23.1 Å². The summed E-state index contributed by atoms with van der Waals surface area (Å²) in [7, 11) is 1.63. The fraction of sp³-hybridized carbons (Fsp3) is 0.176. The Balaban J connectivity index is 2.10. The molecule has 0 bridgehead atoms. The quantitative estimate of drug-likeness (QED) is 0.521. The molecule has 0 aliphatic rings. The topological polar surface area (TPSA) is 136 Å². The van der Waals surface area contributed by atoms with E-state index in [2.05, 4.69) is 15.1 Å². The van der Waals surface area contributed by atoms with Gasteiger partial charge in [0.05, 0.1) is 21.9 Å². The van der Waals surface area contributed by atoms with E-state index in [1.165, 1.54) is 12.3 Å². The second-order valence-electron chi connectivity index (χ2n) is 6.54. The molecular weight excluding hydrogens is 420 g/mol. The standard InChI is InChI=1S/C17H16BCl2N5O4/c1-6(2)8-3-7(5-22-15(8)26)29-13-9(19)4-10(11(18)12(13)20)25-17(28)23-16(27)14(21)24-25/h3-6H,18H2,1-2H3,(H2,21,24)(H,22,26)(H,23,27,28). The fourth-order valence-electron chi connectivity index (χ4n) is 2.62. The highest BCUT2D eigenvalue weighted by molar-refractivity contribution is 6.49. The van der Waals surface area contributed by atoms with E-state index in [1.807, 2.05) is 13.8 Å². The lowest BCUT2D eigenvalue weighted by atomic mass is 9.93. The van der Waals surface area contributed by atoms with Gasteiger partial charge < -0.3 is 15.6 Å². The van der Waals surface area contributed by atoms with Crippen LogP contribution in [-0.4, -0.2) is 32.7 Å². The second-order valence-corrected chi connectivity index (χ2v) is 7.33. The molecule has 0 atom stereocenters. The number of nitrogens with zero attached hydrogens (tertiary/aromatic N) is 3. The average Bonchev–Trinajstić information content (AvgIpc) is 2.66. The van der Waals surface area contributed by atoms with Crippen LogP contribution in [0.2, 0.25) is 10.0 Å². The number of nitrogen functional groups attached to an aromatic ring is 1. The van der Waals surface area contributed by atoms with Gasteiger partial charge in [0.25, 0.3) is 5.56 Å². The monoisotopic (exact) mass is 435 g/mol. The summed E-state index contributed by atoms with van der Waals surface area (Å²) >= 11 is 12.8. The first-order valence-electron chi connectivity index (χ1n) is 8.45. The van der Waals surface area contributed by atoms with Crippen LogP contribution in [0.4, 0.5) is 5.82 Å². The lowest BCUT2D eigenvalue weighted by Crippen LogP contribution is -2.35. The molecule has 2 heterocycles. The van der Waals surface area contributed by atoms with Crippen LogP contribution in [0.5, 0.6) is 17.4 Å². The number of nitrogens with one attached hydrogen (secondary N) is 1. The summed E-state index contributed by atoms with van der Waals surface area (Å²) < 4.78 is 6.70. The minimum Gasteiger partial charge on any atom is -0.493 e. The summed E-state index contributed by atoms with van der Waals surface area (Å²) in [6, 6.07) is 3.05. The molecule has 150 valence electrons. The predicted octanol–water partition coefficient (Wildman–Crippen LogP) is 1.08. The number of rotatable bonds is 4. The molecule has 3 aromatic rings. The highest BCUT2D eigenvalue weighted by Crippen LogP contribution is 2.37. The van der Waals surface area contributed by atoms with Crippen molar-refractivity contribution in [1.29, 1.82) is 0 Å². The summed E-state index contributed by atoms with van der Waals surface area (Å²) in [5.41, 5.74) is 5.17. The third-order valence-corrected chi connectivity index (χ3v) is 4.92. The van der Waals surface area contributed by atoms with Crippen LogP contribution < -0.4 is 27.2 Å². The summed E-state index contributed by atoms with van der Waals surface area (Å²) in [5, 5.41) is 13.9. The van der Waals surface area contributed by atoms with Gasteiger partial charge in [-0.05, 0) is 23.5 Å². The molecule has 0 unspecified atom stereocenters. The molecule has 29 heavy (non-hydrogen) atoms. The normalized spacial score (nSPS) is 11.1. The van der Waals surface area contributed by atoms with Gasteiger partial charge in [0.2, 0.25) is 11.7 Å². The van der Waals surface area contributed by atoms with Crippen LogP contribution in [-0.2, 0) is 0 Å². The third-order valence-electron chi connectivity index (χ3n) is 4.19. The Labute approximate surface area is 175 Å². The van der Waals surface area contributed by atoms with Crippen molar-refractivity contribution in [3.05, 3.63) is 54.8 Å². The molecule has 0 fully saturated rings. The van der Waals surface area contributed by atoms with Crippen molar-refractivity contribution in [2.24, 2.45) is 0 Å². The molecule has 4 N–H and O–H groups in total. The van der Waals surface area contributed by atoms with Crippen molar-refractivity contribution < 1.29 is 9.84 Å². The van der Waals surface area contributed by atoms with Crippen LogP contribution >= 0.6 is 23.2 Å². The van der Waals surface area contributed by atoms with Crippen LogP contribution in [0, 0.1) is 0 Å². The zero-order valence-electron chi connectivity index (χ0n) is 15.7. The minimum absolute atomic E-state index is 0.0183. The Hall–Kier alpha value is -2.98. The minimum atomic E-state index is -0.794. The molecule has 0 spiro atoms. The maximum atomic E-state index is 12.1. The van der Waals surface area contributed by atoms with Gasteiger partial charge in [-0.1, -0.05) is 37.0 Å². The average molecular weight is 436 g/mol. The van der Waals surface area contributed by atoms with Gasteiger partial charge in [-0.15, -0.1) is 5.10 Å². The molecule has 3 rings (SSSR count). The zero-order chi connectivity index (χ0) is 21.5. The number of halogens is 2. The number of anilines is 1. The largest absolute Gasteiger partial charge is 0.493 e. The van der Waals surface area contributed by atoms with Crippen LogP contribution in [0.15, 0.2) is 27.9 Å². The molecule has 0 aliphatic carbocycles. The summed E-state index contributed by atoms with van der Waals surface area (Å²) in [6.45, 7) is 3.81. The van der Waals surface area contributed by atoms with Gasteiger partial charge in [-0.25, -0.2) is 9.78 Å². The number of aromatic amines is 1. The molecule has 0 saturated heterocycles. The number of hydrogen-bond acceptors (Lipinski definition) is 7. The van der Waals surface area contributed by atoms with Crippen LogP contribution in [0.1, 0.15) is 25.3 Å². The molecule has 9 nitrogen and oxygen atoms in total. The smallest absolute Gasteiger partial charge is 0.349 e. The van der Waals surface area contributed by atoms with Gasteiger partial charge in [0.15, 0.2) is 5.75 Å². The van der Waals surface area contributed by atoms with Gasteiger partial charge >= 0.3 is 5.69 Å². The van der Waals surface area contributed by atoms with Crippen LogP contribution in [0.25, 0.3) is 5.69 Å². The van der Waals surface area contributed by atoms with E-state index < -0.39 is 11.2 Å². The van der Waals surface area contributed by atoms with Gasteiger partial charge in [-0.3, -0.25) is 9.78 Å². The number of H-pyrrole nitrogens is 1. The highest BCUT2D eigenvalue weighted by atomic mass is 35.5. The molecule has 12 heteroatoms. The Bertz CT molecular complexity index is 1230. The van der Waals surface area contributed by atoms with Crippen molar-refractivity contribution in [1.82, 2.24) is 19.7 Å². The van der Waals surface area contributed by atoms with Gasteiger partial charge in [-0.2, -0.15) is 4.68 Å². The van der Waals surface area contributed by atoms with E-state index in [4.69, 9.17) is 33.7 Å². The van der Waals surface area contributed by atoms with Gasteiger partial charge in [0.1, 0.15) is 13.6 Å². The molecule has 0 aliphatic heterocycles. The fourth-order valence-corrected chi connectivity index (χ4v) is 3.15. The van der Waals surface area contributed by atoms with Crippen molar-refractivity contribution in [3.63, 3.8) is 0 Å². The maximum Gasteiger partial charge on any atom is 0.349 e. The SMILES string of the molecule is Bc1c(-n2nc(N)c(=O)[nH]c2=O)cc(Cl)c(Oc2cnc(O)c(C(C)C)c2)c1Cl. The number of hydrogen-bond donors (Lipinski definition) is 3. The number of benzene rings is 1. The van der Waals surface area contributed by atoms with Crippen LogP contribution in [0.3, 0.4) is 0 Å². The summed E-state index contributed by atoms with van der Waals surface area (Å²) in [6.07, 6.45) is 1.34. The highest BCUT2D eigenvalue weighted by Gasteiger charge is 2.19. The summed E-state index contributed by atoms with van der Waals surface area (Å²) in [5.74, 6) is 0.0168. The number of pyridine rings is 1. The number of nitrogens with two attached hydrogens (primary N) is 1. The predicted molar refractivity (Wildman–Crippen MR) is 113 cm³/mol. The molecule has 0 amide bonds. The molecule has 0 radical (unpaired) electrons. The van der Waals surface area contributed by atoms with Crippen molar-refractivity contribution >= 4 is 42.3 Å². The van der Waals surface area contributed by atoms with E-state index in [-0.39, 0.29) is 39.1 Å². The third kappa shape index (κ3) is 3.94. The lowest BCUT2D eigenvalue weighted by molar-refractivity contribution is 0.433. The summed E-state index contributed by atoms with van der Waals surface area (Å²) in [4.78, 5) is 29.5. The van der Waals surface area contributed by atoms with E-state index in [9.17, 15) is 14.7 Å². The van der Waals surface area contributed by atoms with Crippen molar-refractivity contribution in [2.45, 2.75) is 19.8 Å². The number of aromatic hydroxyl groups is 1. The molecular formula is C17H16BCl2N5O4. The van der Waals surface area contributed by atoms with Crippen molar-refractivity contribution in [2.75, 3.05) is 5.73 Å². The number of aromatic nitrogens is 4. The Kier molecular flexibility index (Phi) is 5.58. The first-order valence-corrected chi connectivity index (χ1v) is 9.20. The van der Waals surface area contributed by atoms with Gasteiger partial charge in [0, 0.05) is 5.56 Å².